The van der Waals surface area contributed by atoms with Gasteiger partial charge in [-0.05, 0) is 17.5 Å². The van der Waals surface area contributed by atoms with Crippen LogP contribution in [0, 0.1) is 0 Å². The summed E-state index contributed by atoms with van der Waals surface area (Å²) in [5.41, 5.74) is 1.71. The number of hydrogen-bond acceptors (Lipinski definition) is 2. The number of carbonyl (C=O) groups is 1. The number of fused-ring (bicyclic) bond motifs is 2. The zero-order valence-electron chi connectivity index (χ0n) is 11.6. The maximum atomic E-state index is 12.6. The topological polar surface area (TPSA) is 37.3 Å². The van der Waals surface area contributed by atoms with Crippen LogP contribution >= 0.6 is 0 Å². The Morgan fingerprint density at radius 2 is 1.45 bits per heavy atom. The average molecular weight is 266 g/mol. The van der Waals surface area contributed by atoms with Gasteiger partial charge in [-0.15, -0.1) is 0 Å². The lowest BCUT2D eigenvalue weighted by Gasteiger charge is -2.36. The number of benzene rings is 2. The third-order valence-electron chi connectivity index (χ3n) is 4.13. The van der Waals surface area contributed by atoms with E-state index in [4.69, 9.17) is 0 Å². The van der Waals surface area contributed by atoms with Crippen molar-refractivity contribution in [1.29, 1.82) is 0 Å². The van der Waals surface area contributed by atoms with Crippen molar-refractivity contribution in [3.8, 4) is 0 Å². The number of carbonyl (C=O) groups excluding carboxylic acids is 1. The molecule has 0 amide bonds. The van der Waals surface area contributed by atoms with Crippen molar-refractivity contribution in [1.82, 2.24) is 0 Å². The molecule has 1 aliphatic carbocycles. The highest BCUT2D eigenvalue weighted by atomic mass is 16.3. The highest BCUT2D eigenvalue weighted by molar-refractivity contribution is 6.13. The van der Waals surface area contributed by atoms with E-state index in [-0.39, 0.29) is 5.78 Å². The molecule has 2 heteroatoms. The molecule has 2 aromatic carbocycles. The molecule has 1 N–H and O–H groups in total. The van der Waals surface area contributed by atoms with Crippen LogP contribution in [0.1, 0.15) is 53.2 Å². The normalized spacial score (nSPS) is 15.6. The minimum absolute atomic E-state index is 0.0115. The Kier molecular flexibility index (Phi) is 3.19. The van der Waals surface area contributed by atoms with Gasteiger partial charge in [0, 0.05) is 11.1 Å². The molecule has 0 saturated carbocycles. The van der Waals surface area contributed by atoms with E-state index in [1.165, 1.54) is 0 Å². The molecule has 2 nitrogen and oxygen atoms in total. The van der Waals surface area contributed by atoms with Crippen LogP contribution in [0.15, 0.2) is 48.5 Å². The van der Waals surface area contributed by atoms with Crippen molar-refractivity contribution in [3.63, 3.8) is 0 Å². The first-order valence-electron chi connectivity index (χ1n) is 7.14. The number of unbranched alkanes of at least 4 members (excludes halogenated alkanes) is 1. The molecular weight excluding hydrogens is 248 g/mol. The van der Waals surface area contributed by atoms with E-state index in [1.54, 1.807) is 0 Å². The molecule has 0 heterocycles. The van der Waals surface area contributed by atoms with Crippen LogP contribution in [0.2, 0.25) is 0 Å². The van der Waals surface area contributed by atoms with Gasteiger partial charge in [-0.1, -0.05) is 68.3 Å². The second kappa shape index (κ2) is 4.88. The van der Waals surface area contributed by atoms with Gasteiger partial charge in [0.05, 0.1) is 0 Å². The van der Waals surface area contributed by atoms with Gasteiger partial charge < -0.3 is 5.11 Å². The van der Waals surface area contributed by atoms with Gasteiger partial charge in [0.15, 0.2) is 5.78 Å². The highest BCUT2D eigenvalue weighted by Gasteiger charge is 2.41. The Morgan fingerprint density at radius 1 is 0.950 bits per heavy atom. The number of ketones is 1. The largest absolute Gasteiger partial charge is 0.380 e. The van der Waals surface area contributed by atoms with Crippen molar-refractivity contribution >= 4 is 5.78 Å². The van der Waals surface area contributed by atoms with Crippen LogP contribution in [0.25, 0.3) is 0 Å². The highest BCUT2D eigenvalue weighted by Crippen LogP contribution is 2.42. The summed E-state index contributed by atoms with van der Waals surface area (Å²) in [6, 6.07) is 14.8. The summed E-state index contributed by atoms with van der Waals surface area (Å²) in [5.74, 6) is 0.0115. The molecule has 0 aliphatic heterocycles. The molecule has 2 aromatic rings. The van der Waals surface area contributed by atoms with Crippen LogP contribution in [0.5, 0.6) is 0 Å². The summed E-state index contributed by atoms with van der Waals surface area (Å²) in [5, 5.41) is 11.3. The first kappa shape index (κ1) is 13.1. The average Bonchev–Trinajstić information content (AvgIpc) is 2.51. The molecule has 0 spiro atoms. The van der Waals surface area contributed by atoms with Crippen LogP contribution < -0.4 is 0 Å². The van der Waals surface area contributed by atoms with Crippen molar-refractivity contribution in [2.24, 2.45) is 0 Å². The van der Waals surface area contributed by atoms with E-state index in [9.17, 15) is 9.90 Å². The van der Waals surface area contributed by atoms with Gasteiger partial charge in [-0.2, -0.15) is 0 Å². The molecule has 0 saturated heterocycles. The van der Waals surface area contributed by atoms with Gasteiger partial charge >= 0.3 is 0 Å². The van der Waals surface area contributed by atoms with Crippen LogP contribution in [-0.2, 0) is 5.60 Å². The Morgan fingerprint density at radius 3 is 1.95 bits per heavy atom. The third-order valence-corrected chi connectivity index (χ3v) is 4.13. The second-order valence-corrected chi connectivity index (χ2v) is 5.38. The van der Waals surface area contributed by atoms with Crippen LogP contribution in [0.4, 0.5) is 0 Å². The standard InChI is InChI=1S/C18H18O2/c1-2-3-12-18(20)15-10-6-4-8-13(15)17(19)14-9-5-7-11-16(14)18/h4-11,20H,2-3,12H2,1H3. The summed E-state index contributed by atoms with van der Waals surface area (Å²) >= 11 is 0. The van der Waals surface area contributed by atoms with Gasteiger partial charge in [-0.3, -0.25) is 4.79 Å². The van der Waals surface area contributed by atoms with E-state index in [0.29, 0.717) is 17.5 Å². The van der Waals surface area contributed by atoms with Gasteiger partial charge in [0.25, 0.3) is 0 Å². The smallest absolute Gasteiger partial charge is 0.193 e. The van der Waals surface area contributed by atoms with E-state index in [2.05, 4.69) is 6.92 Å². The Labute approximate surface area is 119 Å². The van der Waals surface area contributed by atoms with Gasteiger partial charge in [0.1, 0.15) is 5.60 Å². The minimum atomic E-state index is -1.04. The zero-order valence-corrected chi connectivity index (χ0v) is 11.6. The predicted octanol–water partition coefficient (Wildman–Crippen LogP) is 3.66. The Balaban J connectivity index is 2.25. The number of hydrogen-bond donors (Lipinski definition) is 1. The summed E-state index contributed by atoms with van der Waals surface area (Å²) in [4.78, 5) is 12.6. The van der Waals surface area contributed by atoms with E-state index >= 15 is 0 Å². The lowest BCUT2D eigenvalue weighted by Crippen LogP contribution is -2.35. The summed E-state index contributed by atoms with van der Waals surface area (Å²) in [6.45, 7) is 2.11. The summed E-state index contributed by atoms with van der Waals surface area (Å²) < 4.78 is 0. The molecular formula is C18H18O2. The van der Waals surface area contributed by atoms with Crippen LogP contribution in [-0.4, -0.2) is 10.9 Å². The van der Waals surface area contributed by atoms with E-state index in [0.717, 1.165) is 24.0 Å². The molecule has 0 fully saturated rings. The number of aliphatic hydroxyl groups is 1. The Bertz CT molecular complexity index is 608. The van der Waals surface area contributed by atoms with E-state index < -0.39 is 5.60 Å². The predicted molar refractivity (Wildman–Crippen MR) is 78.8 cm³/mol. The molecule has 102 valence electrons. The lowest BCUT2D eigenvalue weighted by molar-refractivity contribution is 0.0616. The molecule has 0 bridgehead atoms. The summed E-state index contributed by atoms with van der Waals surface area (Å²) in [7, 11) is 0. The van der Waals surface area contributed by atoms with Crippen molar-refractivity contribution < 1.29 is 9.90 Å². The van der Waals surface area contributed by atoms with Crippen molar-refractivity contribution in [2.75, 3.05) is 0 Å². The number of rotatable bonds is 3. The third kappa shape index (κ3) is 1.80. The SMILES string of the molecule is CCCCC1(O)c2ccccc2C(=O)c2ccccc21. The molecule has 0 radical (unpaired) electrons. The second-order valence-electron chi connectivity index (χ2n) is 5.38. The van der Waals surface area contributed by atoms with E-state index in [1.807, 2.05) is 48.5 Å². The quantitative estimate of drug-likeness (QED) is 0.920. The summed E-state index contributed by atoms with van der Waals surface area (Å²) in [6.07, 6.45) is 2.58. The molecule has 1 aliphatic rings. The molecule has 0 unspecified atom stereocenters. The molecule has 3 rings (SSSR count). The maximum Gasteiger partial charge on any atom is 0.193 e. The molecule has 0 atom stereocenters. The maximum absolute atomic E-state index is 12.6. The van der Waals surface area contributed by atoms with Crippen molar-refractivity contribution in [2.45, 2.75) is 31.8 Å². The Hall–Kier alpha value is -1.93. The van der Waals surface area contributed by atoms with Gasteiger partial charge in [0.2, 0.25) is 0 Å². The van der Waals surface area contributed by atoms with Crippen molar-refractivity contribution in [3.05, 3.63) is 70.8 Å². The van der Waals surface area contributed by atoms with Crippen LogP contribution in [0.3, 0.4) is 0 Å². The first-order chi connectivity index (χ1) is 9.68. The fourth-order valence-electron chi connectivity index (χ4n) is 3.08. The lowest BCUT2D eigenvalue weighted by atomic mass is 9.72. The fourth-order valence-corrected chi connectivity index (χ4v) is 3.08. The minimum Gasteiger partial charge on any atom is -0.380 e. The monoisotopic (exact) mass is 266 g/mol. The molecule has 0 aromatic heterocycles. The fraction of sp³-hybridized carbons (Fsp3) is 0.278. The zero-order chi connectivity index (χ0) is 14.2. The van der Waals surface area contributed by atoms with Gasteiger partial charge in [-0.25, -0.2) is 0 Å². The first-order valence-corrected chi connectivity index (χ1v) is 7.14. The molecule has 20 heavy (non-hydrogen) atoms.